The van der Waals surface area contributed by atoms with Crippen LogP contribution in [0.5, 0.6) is 0 Å². The average molecular weight is 625 g/mol. The SMILES string of the molecule is N#Cc1ccc2c(c1)c1ccccc1n2-c1cccc(-c2cccc(-n3c4ccccc4c4c5c(ccc43)oc3c(C#N)cccc35)c2)c1. The van der Waals surface area contributed by atoms with Gasteiger partial charge in [-0.1, -0.05) is 72.8 Å². The molecule has 0 amide bonds. The van der Waals surface area contributed by atoms with Crippen LogP contribution in [0.4, 0.5) is 0 Å². The molecule has 226 valence electrons. The van der Waals surface area contributed by atoms with Gasteiger partial charge in [-0.3, -0.25) is 0 Å². The van der Waals surface area contributed by atoms with Gasteiger partial charge in [0.25, 0.3) is 0 Å². The molecule has 0 unspecified atom stereocenters. The first-order chi connectivity index (χ1) is 24.2. The third-order valence-corrected chi connectivity index (χ3v) is 9.76. The quantitative estimate of drug-likeness (QED) is 0.196. The van der Waals surface area contributed by atoms with E-state index in [2.05, 4.69) is 118 Å². The monoisotopic (exact) mass is 624 g/mol. The minimum absolute atomic E-state index is 0.536. The predicted molar refractivity (Wildman–Crippen MR) is 197 cm³/mol. The highest BCUT2D eigenvalue weighted by Crippen LogP contribution is 2.42. The number of furan rings is 1. The summed E-state index contributed by atoms with van der Waals surface area (Å²) in [6.45, 7) is 0. The molecule has 49 heavy (non-hydrogen) atoms. The van der Waals surface area contributed by atoms with Gasteiger partial charge in [0, 0.05) is 43.7 Å². The van der Waals surface area contributed by atoms with Gasteiger partial charge in [-0.2, -0.15) is 10.5 Å². The van der Waals surface area contributed by atoms with Crippen molar-refractivity contribution < 1.29 is 4.42 Å². The van der Waals surface area contributed by atoms with Gasteiger partial charge >= 0.3 is 0 Å². The van der Waals surface area contributed by atoms with Gasteiger partial charge in [-0.05, 0) is 83.9 Å². The fraction of sp³-hybridized carbons (Fsp3) is 0. The summed E-state index contributed by atoms with van der Waals surface area (Å²) in [5.74, 6) is 0. The van der Waals surface area contributed by atoms with Crippen LogP contribution < -0.4 is 0 Å². The molecule has 3 aromatic heterocycles. The minimum atomic E-state index is 0.536. The third-order valence-electron chi connectivity index (χ3n) is 9.76. The first-order valence-electron chi connectivity index (χ1n) is 16.1. The minimum Gasteiger partial charge on any atom is -0.455 e. The smallest absolute Gasteiger partial charge is 0.153 e. The predicted octanol–water partition coefficient (Wildman–Crippen LogP) is 11.2. The van der Waals surface area contributed by atoms with Crippen LogP contribution in [0, 0.1) is 22.7 Å². The van der Waals surface area contributed by atoms with Gasteiger partial charge < -0.3 is 13.6 Å². The van der Waals surface area contributed by atoms with Crippen molar-refractivity contribution in [2.75, 3.05) is 0 Å². The summed E-state index contributed by atoms with van der Waals surface area (Å²) in [5, 5.41) is 25.8. The fourth-order valence-corrected chi connectivity index (χ4v) is 7.68. The summed E-state index contributed by atoms with van der Waals surface area (Å²) < 4.78 is 10.9. The van der Waals surface area contributed by atoms with E-state index in [4.69, 9.17) is 4.42 Å². The second-order valence-corrected chi connectivity index (χ2v) is 12.4. The second kappa shape index (κ2) is 10.2. The molecule has 3 heterocycles. The molecule has 0 atom stereocenters. The molecular formula is C44H24N4O. The highest BCUT2D eigenvalue weighted by Gasteiger charge is 2.20. The number of rotatable bonds is 3. The highest BCUT2D eigenvalue weighted by atomic mass is 16.3. The number of hydrogen-bond acceptors (Lipinski definition) is 3. The third kappa shape index (κ3) is 3.85. The maximum absolute atomic E-state index is 9.78. The zero-order chi connectivity index (χ0) is 32.6. The van der Waals surface area contributed by atoms with Gasteiger partial charge in [0.1, 0.15) is 11.7 Å². The van der Waals surface area contributed by atoms with E-state index in [9.17, 15) is 10.5 Å². The van der Waals surface area contributed by atoms with Crippen molar-refractivity contribution >= 4 is 65.6 Å². The molecule has 10 rings (SSSR count). The van der Waals surface area contributed by atoms with Crippen LogP contribution in [-0.4, -0.2) is 9.13 Å². The van der Waals surface area contributed by atoms with Gasteiger partial charge in [0.05, 0.1) is 39.3 Å². The summed E-state index contributed by atoms with van der Waals surface area (Å²) in [6, 6.07) is 54.6. The van der Waals surface area contributed by atoms with Crippen LogP contribution in [0.2, 0.25) is 0 Å². The molecule has 7 aromatic carbocycles. The number of fused-ring (bicyclic) bond motifs is 10. The van der Waals surface area contributed by atoms with Gasteiger partial charge in [0.15, 0.2) is 5.58 Å². The number of para-hydroxylation sites is 3. The Bertz CT molecular complexity index is 3090. The zero-order valence-corrected chi connectivity index (χ0v) is 26.1. The summed E-state index contributed by atoms with van der Waals surface area (Å²) >= 11 is 0. The zero-order valence-electron chi connectivity index (χ0n) is 26.1. The Balaban J connectivity index is 1.17. The molecule has 0 N–H and O–H groups in total. The Morgan fingerprint density at radius 3 is 1.80 bits per heavy atom. The summed E-state index contributed by atoms with van der Waals surface area (Å²) in [7, 11) is 0. The maximum atomic E-state index is 9.78. The van der Waals surface area contributed by atoms with Crippen molar-refractivity contribution in [3.63, 3.8) is 0 Å². The van der Waals surface area contributed by atoms with Crippen molar-refractivity contribution in [1.29, 1.82) is 10.5 Å². The van der Waals surface area contributed by atoms with Crippen molar-refractivity contribution in [3.05, 3.63) is 157 Å². The van der Waals surface area contributed by atoms with E-state index < -0.39 is 0 Å². The average Bonchev–Trinajstić information content (AvgIpc) is 3.82. The summed E-state index contributed by atoms with van der Waals surface area (Å²) in [5.41, 5.74) is 11.2. The number of hydrogen-bond donors (Lipinski definition) is 0. The lowest BCUT2D eigenvalue weighted by Gasteiger charge is -2.12. The first-order valence-corrected chi connectivity index (χ1v) is 16.1. The van der Waals surface area contributed by atoms with Gasteiger partial charge in [0.2, 0.25) is 0 Å². The summed E-state index contributed by atoms with van der Waals surface area (Å²) in [4.78, 5) is 0. The largest absolute Gasteiger partial charge is 0.455 e. The maximum Gasteiger partial charge on any atom is 0.153 e. The fourth-order valence-electron chi connectivity index (χ4n) is 7.68. The molecule has 0 aliphatic heterocycles. The topological polar surface area (TPSA) is 70.6 Å². The molecule has 0 fully saturated rings. The van der Waals surface area contributed by atoms with Crippen LogP contribution in [0.15, 0.2) is 150 Å². The molecule has 5 heteroatoms. The first kappa shape index (κ1) is 27.1. The highest BCUT2D eigenvalue weighted by molar-refractivity contribution is 6.27. The molecule has 0 saturated heterocycles. The van der Waals surface area contributed by atoms with E-state index in [1.165, 1.54) is 0 Å². The van der Waals surface area contributed by atoms with E-state index in [-0.39, 0.29) is 0 Å². The van der Waals surface area contributed by atoms with Crippen LogP contribution in [-0.2, 0) is 0 Å². The molecule has 0 bridgehead atoms. The molecule has 0 radical (unpaired) electrons. The number of benzene rings is 7. The molecular weight excluding hydrogens is 601 g/mol. The molecule has 0 aliphatic carbocycles. The van der Waals surface area contributed by atoms with Gasteiger partial charge in [-0.15, -0.1) is 0 Å². The number of aromatic nitrogens is 2. The normalized spacial score (nSPS) is 11.6. The van der Waals surface area contributed by atoms with Crippen LogP contribution >= 0.6 is 0 Å². The standard InChI is InChI=1S/C44H24N4O/c45-25-27-18-19-39-36(22-27)33-13-1-3-16-37(33)47(39)31-11-5-8-28(23-31)29-9-6-12-32(24-29)48-38-17-4-2-14-34(38)42-40(48)20-21-41-43(42)35-15-7-10-30(26-46)44(35)49-41/h1-24H. The lowest BCUT2D eigenvalue weighted by molar-refractivity contribution is 0.668. The van der Waals surface area contributed by atoms with Crippen LogP contribution in [0.1, 0.15) is 11.1 Å². The van der Waals surface area contributed by atoms with Crippen molar-refractivity contribution in [2.45, 2.75) is 0 Å². The Hall–Kier alpha value is -7.08. The van der Waals surface area contributed by atoms with E-state index in [1.807, 2.05) is 42.5 Å². The second-order valence-electron chi connectivity index (χ2n) is 12.4. The lowest BCUT2D eigenvalue weighted by atomic mass is 10.0. The molecule has 10 aromatic rings. The van der Waals surface area contributed by atoms with Crippen molar-refractivity contribution in [1.82, 2.24) is 9.13 Å². The van der Waals surface area contributed by atoms with Crippen LogP contribution in [0.3, 0.4) is 0 Å². The Morgan fingerprint density at radius 2 is 1.06 bits per heavy atom. The van der Waals surface area contributed by atoms with E-state index in [1.54, 1.807) is 6.07 Å². The Morgan fingerprint density at radius 1 is 0.449 bits per heavy atom. The molecule has 0 spiro atoms. The van der Waals surface area contributed by atoms with Gasteiger partial charge in [-0.25, -0.2) is 0 Å². The lowest BCUT2D eigenvalue weighted by Crippen LogP contribution is -1.96. The Labute approximate surface area is 280 Å². The van der Waals surface area contributed by atoms with Crippen LogP contribution in [0.25, 0.3) is 88.1 Å². The van der Waals surface area contributed by atoms with E-state index >= 15 is 0 Å². The molecule has 5 nitrogen and oxygen atoms in total. The van der Waals surface area contributed by atoms with Crippen molar-refractivity contribution in [2.24, 2.45) is 0 Å². The van der Waals surface area contributed by atoms with E-state index in [0.29, 0.717) is 16.7 Å². The molecule has 0 aliphatic rings. The Kier molecular flexibility index (Phi) is 5.64. The number of nitrogens with zero attached hydrogens (tertiary/aromatic N) is 4. The number of nitriles is 2. The molecule has 0 saturated carbocycles. The van der Waals surface area contributed by atoms with Crippen molar-refractivity contribution in [3.8, 4) is 34.6 Å². The van der Waals surface area contributed by atoms with E-state index in [0.717, 1.165) is 82.5 Å². The summed E-state index contributed by atoms with van der Waals surface area (Å²) in [6.07, 6.45) is 0.